The van der Waals surface area contributed by atoms with E-state index >= 15 is 0 Å². The Hall–Kier alpha value is -2.09. The zero-order chi connectivity index (χ0) is 17.7. The first-order valence-electron chi connectivity index (χ1n) is 7.67. The number of nitrogens with zero attached hydrogens (tertiary/aromatic N) is 1. The molecule has 0 fully saturated rings. The van der Waals surface area contributed by atoms with Gasteiger partial charge in [0, 0.05) is 4.47 Å². The number of carbonyl (C=O) groups excluding carboxylic acids is 2. The smallest absolute Gasteiger partial charge is 0.326 e. The second kappa shape index (κ2) is 8.14. The molecule has 0 aromatic heterocycles. The van der Waals surface area contributed by atoms with E-state index in [4.69, 9.17) is 4.74 Å². The highest BCUT2D eigenvalue weighted by atomic mass is 79.9. The minimum Gasteiger partial charge on any atom is -0.482 e. The van der Waals surface area contributed by atoms with Crippen molar-refractivity contribution in [2.45, 2.75) is 32.2 Å². The van der Waals surface area contributed by atoms with Crippen molar-refractivity contribution < 1.29 is 24.2 Å². The van der Waals surface area contributed by atoms with Crippen molar-refractivity contribution in [2.24, 2.45) is 0 Å². The van der Waals surface area contributed by atoms with Gasteiger partial charge in [0.1, 0.15) is 18.3 Å². The molecule has 0 saturated carbocycles. The fourth-order valence-electron chi connectivity index (χ4n) is 2.40. The summed E-state index contributed by atoms with van der Waals surface area (Å²) in [6, 6.07) is 4.19. The number of unbranched alkanes of at least 4 members (excludes halogenated alkanes) is 1. The molecule has 1 heterocycles. The second-order valence-electron chi connectivity index (χ2n) is 5.48. The molecule has 1 aliphatic heterocycles. The highest BCUT2D eigenvalue weighted by Crippen LogP contribution is 2.34. The van der Waals surface area contributed by atoms with Gasteiger partial charge in [0.2, 0.25) is 5.91 Å². The monoisotopic (exact) mass is 398 g/mol. The number of fused-ring (bicyclic) bond motifs is 1. The molecule has 0 saturated heterocycles. The highest BCUT2D eigenvalue weighted by Gasteiger charge is 2.28. The van der Waals surface area contributed by atoms with Crippen LogP contribution in [0.1, 0.15) is 26.2 Å². The second-order valence-corrected chi connectivity index (χ2v) is 6.40. The predicted molar refractivity (Wildman–Crippen MR) is 91.1 cm³/mol. The van der Waals surface area contributed by atoms with Crippen molar-refractivity contribution in [1.82, 2.24) is 5.32 Å². The summed E-state index contributed by atoms with van der Waals surface area (Å²) >= 11 is 3.32. The molecule has 0 spiro atoms. The lowest BCUT2D eigenvalue weighted by molar-refractivity contribution is -0.141. The third-order valence-corrected chi connectivity index (χ3v) is 4.14. The lowest BCUT2D eigenvalue weighted by atomic mass is 10.1. The van der Waals surface area contributed by atoms with E-state index in [2.05, 4.69) is 21.2 Å². The molecule has 2 amide bonds. The largest absolute Gasteiger partial charge is 0.482 e. The Balaban J connectivity index is 2.08. The molecule has 1 atom stereocenters. The Morgan fingerprint density at radius 2 is 2.21 bits per heavy atom. The van der Waals surface area contributed by atoms with Crippen LogP contribution in [0.2, 0.25) is 0 Å². The van der Waals surface area contributed by atoms with Crippen molar-refractivity contribution in [3.05, 3.63) is 22.7 Å². The van der Waals surface area contributed by atoms with Gasteiger partial charge in [0.15, 0.2) is 6.61 Å². The van der Waals surface area contributed by atoms with Gasteiger partial charge in [-0.3, -0.25) is 14.5 Å². The van der Waals surface area contributed by atoms with Gasteiger partial charge in [-0.1, -0.05) is 35.7 Å². The molecule has 24 heavy (non-hydrogen) atoms. The molecule has 130 valence electrons. The predicted octanol–water partition coefficient (Wildman–Crippen LogP) is 1.93. The third kappa shape index (κ3) is 4.47. The molecule has 1 aliphatic rings. The standard InChI is InChI=1S/C16H19BrN2O5/c1-2-3-4-11(16(22)23)18-14(20)8-19-12-6-5-10(17)7-13(12)24-9-15(19)21/h5-7,11H,2-4,8-9H2,1H3,(H,18,20)(H,22,23). The van der Waals surface area contributed by atoms with E-state index in [1.165, 1.54) is 4.90 Å². The fraction of sp³-hybridized carbons (Fsp3) is 0.438. The van der Waals surface area contributed by atoms with Gasteiger partial charge in [0.25, 0.3) is 5.91 Å². The number of rotatable bonds is 7. The van der Waals surface area contributed by atoms with Crippen LogP contribution in [0.4, 0.5) is 5.69 Å². The van der Waals surface area contributed by atoms with E-state index in [1.54, 1.807) is 18.2 Å². The number of nitrogens with one attached hydrogen (secondary N) is 1. The molecule has 1 unspecified atom stereocenters. The quantitative estimate of drug-likeness (QED) is 0.731. The zero-order valence-electron chi connectivity index (χ0n) is 13.3. The van der Waals surface area contributed by atoms with Crippen molar-refractivity contribution >= 4 is 39.4 Å². The Labute approximate surface area is 148 Å². The van der Waals surface area contributed by atoms with Crippen LogP contribution >= 0.6 is 15.9 Å². The number of hydrogen-bond acceptors (Lipinski definition) is 4. The van der Waals surface area contributed by atoms with E-state index in [-0.39, 0.29) is 19.1 Å². The van der Waals surface area contributed by atoms with E-state index in [9.17, 15) is 19.5 Å². The number of halogens is 1. The van der Waals surface area contributed by atoms with Crippen molar-refractivity contribution in [3.8, 4) is 5.75 Å². The third-order valence-electron chi connectivity index (χ3n) is 3.65. The van der Waals surface area contributed by atoms with Crippen LogP contribution in [-0.4, -0.2) is 42.1 Å². The van der Waals surface area contributed by atoms with Crippen LogP contribution in [0.15, 0.2) is 22.7 Å². The van der Waals surface area contributed by atoms with Gasteiger partial charge in [-0.2, -0.15) is 0 Å². The van der Waals surface area contributed by atoms with Crippen molar-refractivity contribution in [2.75, 3.05) is 18.1 Å². The first-order valence-corrected chi connectivity index (χ1v) is 8.46. The average molecular weight is 399 g/mol. The minimum atomic E-state index is -1.07. The van der Waals surface area contributed by atoms with E-state index < -0.39 is 17.9 Å². The molecular weight excluding hydrogens is 380 g/mol. The fourth-order valence-corrected chi connectivity index (χ4v) is 2.74. The van der Waals surface area contributed by atoms with E-state index in [1.807, 2.05) is 6.92 Å². The number of carbonyl (C=O) groups is 3. The normalized spacial score (nSPS) is 14.6. The lowest BCUT2D eigenvalue weighted by Crippen LogP contribution is -2.49. The SMILES string of the molecule is CCCCC(NC(=O)CN1C(=O)COc2cc(Br)ccc21)C(=O)O. The van der Waals surface area contributed by atoms with Crippen LogP contribution < -0.4 is 15.0 Å². The van der Waals surface area contributed by atoms with Gasteiger partial charge in [-0.15, -0.1) is 0 Å². The van der Waals surface area contributed by atoms with Gasteiger partial charge in [0.05, 0.1) is 5.69 Å². The van der Waals surface area contributed by atoms with Crippen molar-refractivity contribution in [3.63, 3.8) is 0 Å². The average Bonchev–Trinajstić information content (AvgIpc) is 2.53. The van der Waals surface area contributed by atoms with Gasteiger partial charge in [-0.05, 0) is 24.6 Å². The summed E-state index contributed by atoms with van der Waals surface area (Å²) in [6.45, 7) is 1.55. The summed E-state index contributed by atoms with van der Waals surface area (Å²) in [5.41, 5.74) is 0.491. The number of carboxylic acids is 1. The number of amides is 2. The molecule has 0 radical (unpaired) electrons. The first kappa shape index (κ1) is 18.3. The Bertz CT molecular complexity index is 649. The summed E-state index contributed by atoms with van der Waals surface area (Å²) in [5.74, 6) is -1.44. The summed E-state index contributed by atoms with van der Waals surface area (Å²) in [5, 5.41) is 11.7. The minimum absolute atomic E-state index is 0.158. The molecule has 1 aromatic rings. The maximum Gasteiger partial charge on any atom is 0.326 e. The first-order chi connectivity index (χ1) is 11.4. The van der Waals surface area contributed by atoms with Crippen LogP contribution in [0, 0.1) is 0 Å². The maximum absolute atomic E-state index is 12.2. The van der Waals surface area contributed by atoms with Gasteiger partial charge < -0.3 is 15.2 Å². The molecule has 8 heteroatoms. The number of aliphatic carboxylic acids is 1. The number of anilines is 1. The van der Waals surface area contributed by atoms with Gasteiger partial charge in [-0.25, -0.2) is 4.79 Å². The number of hydrogen-bond donors (Lipinski definition) is 2. The molecule has 7 nitrogen and oxygen atoms in total. The highest BCUT2D eigenvalue weighted by molar-refractivity contribution is 9.10. The molecule has 1 aromatic carbocycles. The zero-order valence-corrected chi connectivity index (χ0v) is 14.8. The molecule has 2 rings (SSSR count). The van der Waals surface area contributed by atoms with Crippen LogP contribution in [0.5, 0.6) is 5.75 Å². The summed E-state index contributed by atoms with van der Waals surface area (Å²) in [7, 11) is 0. The van der Waals surface area contributed by atoms with Crippen LogP contribution in [0.3, 0.4) is 0 Å². The lowest BCUT2D eigenvalue weighted by Gasteiger charge is -2.29. The van der Waals surface area contributed by atoms with Gasteiger partial charge >= 0.3 is 5.97 Å². The molecule has 2 N–H and O–H groups in total. The number of carboxylic acid groups (broad SMARTS) is 1. The van der Waals surface area contributed by atoms with Crippen LogP contribution in [-0.2, 0) is 14.4 Å². The maximum atomic E-state index is 12.2. The van der Waals surface area contributed by atoms with Crippen molar-refractivity contribution in [1.29, 1.82) is 0 Å². The Kier molecular flexibility index (Phi) is 6.19. The Morgan fingerprint density at radius 3 is 2.88 bits per heavy atom. The summed E-state index contributed by atoms with van der Waals surface area (Å²) in [4.78, 5) is 36.8. The van der Waals surface area contributed by atoms with E-state index in [0.29, 0.717) is 24.3 Å². The summed E-state index contributed by atoms with van der Waals surface area (Å²) < 4.78 is 6.15. The molecular formula is C16H19BrN2O5. The molecule has 0 bridgehead atoms. The van der Waals surface area contributed by atoms with Crippen LogP contribution in [0.25, 0.3) is 0 Å². The topological polar surface area (TPSA) is 95.9 Å². The van der Waals surface area contributed by atoms with E-state index in [0.717, 1.165) is 10.9 Å². The Morgan fingerprint density at radius 1 is 1.46 bits per heavy atom. The summed E-state index contributed by atoms with van der Waals surface area (Å²) in [6.07, 6.45) is 1.90. The molecule has 0 aliphatic carbocycles. The number of benzene rings is 1. The number of ether oxygens (including phenoxy) is 1.